The molecule has 0 fully saturated rings. The quantitative estimate of drug-likeness (QED) is 0.865. The van der Waals surface area contributed by atoms with Crippen LogP contribution in [0.3, 0.4) is 0 Å². The molecule has 0 aliphatic heterocycles. The van der Waals surface area contributed by atoms with Gasteiger partial charge in [0.2, 0.25) is 10.0 Å². The van der Waals surface area contributed by atoms with Crippen molar-refractivity contribution in [3.8, 4) is 0 Å². The summed E-state index contributed by atoms with van der Waals surface area (Å²) >= 11 is 9.19. The molecule has 0 bridgehead atoms. The van der Waals surface area contributed by atoms with Crippen molar-refractivity contribution in [1.29, 1.82) is 0 Å². The summed E-state index contributed by atoms with van der Waals surface area (Å²) in [7, 11) is -1.73. The van der Waals surface area contributed by atoms with Gasteiger partial charge in [-0.1, -0.05) is 27.5 Å². The summed E-state index contributed by atoms with van der Waals surface area (Å²) in [4.78, 5) is 0. The molecule has 2 N–H and O–H groups in total. The van der Waals surface area contributed by atoms with Gasteiger partial charge in [-0.3, -0.25) is 4.72 Å². The third-order valence-corrected chi connectivity index (χ3v) is 4.76. The molecule has 0 spiro atoms. The number of hydrogen-bond donors (Lipinski definition) is 2. The molecule has 0 amide bonds. The van der Waals surface area contributed by atoms with E-state index in [9.17, 15) is 8.42 Å². The Bertz CT molecular complexity index is 493. The fraction of sp³-hybridized carbons (Fsp3) is 0.400. The van der Waals surface area contributed by atoms with Crippen LogP contribution in [-0.2, 0) is 10.0 Å². The Kier molecular flexibility index (Phi) is 5.24. The van der Waals surface area contributed by atoms with Crippen LogP contribution in [0, 0.1) is 0 Å². The first-order valence-electron chi connectivity index (χ1n) is 4.98. The highest BCUT2D eigenvalue weighted by Crippen LogP contribution is 2.27. The number of anilines is 1. The smallest absolute Gasteiger partial charge is 0.236 e. The first kappa shape index (κ1) is 14.8. The summed E-state index contributed by atoms with van der Waals surface area (Å²) in [5.41, 5.74) is 0.379. The molecule has 4 nitrogen and oxygen atoms in total. The number of halogens is 2. The Labute approximate surface area is 115 Å². The molecule has 0 heterocycles. The Morgan fingerprint density at radius 2 is 2.12 bits per heavy atom. The van der Waals surface area contributed by atoms with Gasteiger partial charge in [-0.25, -0.2) is 8.42 Å². The predicted molar refractivity (Wildman–Crippen MR) is 75.1 cm³/mol. The summed E-state index contributed by atoms with van der Waals surface area (Å²) in [6.07, 6.45) is 0. The van der Waals surface area contributed by atoms with Gasteiger partial charge in [-0.15, -0.1) is 0 Å². The van der Waals surface area contributed by atoms with Gasteiger partial charge < -0.3 is 5.32 Å². The summed E-state index contributed by atoms with van der Waals surface area (Å²) < 4.78 is 27.1. The summed E-state index contributed by atoms with van der Waals surface area (Å²) in [6, 6.07) is 5.01. The highest BCUT2D eigenvalue weighted by molar-refractivity contribution is 9.10. The average molecular weight is 342 g/mol. The van der Waals surface area contributed by atoms with Crippen molar-refractivity contribution in [2.45, 2.75) is 12.2 Å². The molecule has 1 aromatic carbocycles. The van der Waals surface area contributed by atoms with Gasteiger partial charge in [0.05, 0.1) is 16.0 Å². The van der Waals surface area contributed by atoms with Crippen LogP contribution in [0.15, 0.2) is 22.7 Å². The molecule has 1 aromatic rings. The molecular formula is C10H14BrClN2O2S. The highest BCUT2D eigenvalue weighted by Gasteiger charge is 2.20. The lowest BCUT2D eigenvalue weighted by molar-refractivity contribution is 0.584. The molecule has 17 heavy (non-hydrogen) atoms. The van der Waals surface area contributed by atoms with Crippen LogP contribution >= 0.6 is 27.5 Å². The number of rotatable bonds is 5. The minimum absolute atomic E-state index is 0.369. The van der Waals surface area contributed by atoms with E-state index in [4.69, 9.17) is 11.6 Å². The number of hydrogen-bond acceptors (Lipinski definition) is 3. The lowest BCUT2D eigenvalue weighted by Gasteiger charge is -2.15. The molecular weight excluding hydrogens is 328 g/mol. The number of sulfonamides is 1. The van der Waals surface area contributed by atoms with Crippen LogP contribution in [0.25, 0.3) is 0 Å². The van der Waals surface area contributed by atoms with Gasteiger partial charge in [0.1, 0.15) is 0 Å². The number of benzene rings is 1. The fourth-order valence-electron chi connectivity index (χ4n) is 1.23. The SMILES string of the molecule is CNCC(C)S(=O)(=O)Nc1cc(Br)ccc1Cl. The molecule has 1 atom stereocenters. The third-order valence-electron chi connectivity index (χ3n) is 2.20. The summed E-state index contributed by atoms with van der Waals surface area (Å²) in [6.45, 7) is 2.01. The average Bonchev–Trinajstić information content (AvgIpc) is 2.23. The first-order valence-corrected chi connectivity index (χ1v) is 7.70. The van der Waals surface area contributed by atoms with Crippen LogP contribution in [0.1, 0.15) is 6.92 Å². The zero-order chi connectivity index (χ0) is 13.1. The molecule has 1 unspecified atom stereocenters. The molecule has 0 saturated carbocycles. The normalized spacial score (nSPS) is 13.4. The van der Waals surface area contributed by atoms with E-state index in [0.717, 1.165) is 4.47 Å². The standard InChI is InChI=1S/C10H14BrClN2O2S/c1-7(6-13-2)17(15,16)14-10-5-8(11)3-4-9(10)12/h3-5,7,13-14H,6H2,1-2H3. The Morgan fingerprint density at radius 3 is 2.71 bits per heavy atom. The van der Waals surface area contributed by atoms with Gasteiger partial charge >= 0.3 is 0 Å². The minimum atomic E-state index is -3.43. The van der Waals surface area contributed by atoms with Crippen LogP contribution in [0.2, 0.25) is 5.02 Å². The first-order chi connectivity index (χ1) is 7.86. The second-order valence-corrected chi connectivity index (χ2v) is 7.06. The van der Waals surface area contributed by atoms with E-state index < -0.39 is 15.3 Å². The van der Waals surface area contributed by atoms with Gasteiger partial charge in [-0.05, 0) is 32.2 Å². The van der Waals surface area contributed by atoms with Gasteiger partial charge in [0.15, 0.2) is 0 Å². The second-order valence-electron chi connectivity index (χ2n) is 3.64. The molecule has 7 heteroatoms. The minimum Gasteiger partial charge on any atom is -0.318 e. The van der Waals surface area contributed by atoms with E-state index in [1.165, 1.54) is 0 Å². The third kappa shape index (κ3) is 4.13. The monoisotopic (exact) mass is 340 g/mol. The van der Waals surface area contributed by atoms with Crippen LogP contribution < -0.4 is 10.0 Å². The van der Waals surface area contributed by atoms with Crippen LogP contribution in [0.4, 0.5) is 5.69 Å². The zero-order valence-corrected chi connectivity index (χ0v) is 12.7. The summed E-state index contributed by atoms with van der Waals surface area (Å²) in [5.74, 6) is 0. The fourth-order valence-corrected chi connectivity index (χ4v) is 2.87. The lowest BCUT2D eigenvalue weighted by atomic mass is 10.3. The van der Waals surface area contributed by atoms with Crippen LogP contribution in [-0.4, -0.2) is 27.3 Å². The molecule has 0 aromatic heterocycles. The maximum Gasteiger partial charge on any atom is 0.236 e. The molecule has 96 valence electrons. The molecule has 0 saturated heterocycles. The Balaban J connectivity index is 2.94. The molecule has 1 rings (SSSR count). The molecule has 0 aliphatic carbocycles. The van der Waals surface area contributed by atoms with Crippen molar-refractivity contribution in [1.82, 2.24) is 5.32 Å². The number of nitrogens with one attached hydrogen (secondary N) is 2. The Morgan fingerprint density at radius 1 is 1.47 bits per heavy atom. The lowest BCUT2D eigenvalue weighted by Crippen LogP contribution is -2.33. The van der Waals surface area contributed by atoms with Crippen molar-refractivity contribution in [3.63, 3.8) is 0 Å². The topological polar surface area (TPSA) is 58.2 Å². The van der Waals surface area contributed by atoms with Crippen LogP contribution in [0.5, 0.6) is 0 Å². The second kappa shape index (κ2) is 6.04. The zero-order valence-electron chi connectivity index (χ0n) is 9.50. The highest BCUT2D eigenvalue weighted by atomic mass is 79.9. The predicted octanol–water partition coefficient (Wildman–Crippen LogP) is 2.45. The van der Waals surface area contributed by atoms with Crippen molar-refractivity contribution < 1.29 is 8.42 Å². The van der Waals surface area contributed by atoms with Crippen molar-refractivity contribution in [2.24, 2.45) is 0 Å². The Hall–Kier alpha value is -0.300. The van der Waals surface area contributed by atoms with E-state index in [2.05, 4.69) is 26.0 Å². The van der Waals surface area contributed by atoms with Gasteiger partial charge in [-0.2, -0.15) is 0 Å². The maximum absolute atomic E-state index is 11.9. The maximum atomic E-state index is 11.9. The van der Waals surface area contributed by atoms with E-state index >= 15 is 0 Å². The van der Waals surface area contributed by atoms with Gasteiger partial charge in [0, 0.05) is 11.0 Å². The van der Waals surface area contributed by atoms with Gasteiger partial charge in [0.25, 0.3) is 0 Å². The van der Waals surface area contributed by atoms with Crippen molar-refractivity contribution in [2.75, 3.05) is 18.3 Å². The van der Waals surface area contributed by atoms with Crippen molar-refractivity contribution in [3.05, 3.63) is 27.7 Å². The van der Waals surface area contributed by atoms with E-state index in [-0.39, 0.29) is 0 Å². The van der Waals surface area contributed by atoms with E-state index in [1.54, 1.807) is 32.2 Å². The van der Waals surface area contributed by atoms with E-state index in [1.807, 2.05) is 0 Å². The van der Waals surface area contributed by atoms with Crippen molar-refractivity contribution >= 4 is 43.2 Å². The largest absolute Gasteiger partial charge is 0.318 e. The molecule has 0 aliphatic rings. The summed E-state index contributed by atoms with van der Waals surface area (Å²) in [5, 5.41) is 2.65. The van der Waals surface area contributed by atoms with E-state index in [0.29, 0.717) is 17.3 Å². The molecule has 0 radical (unpaired) electrons.